The van der Waals surface area contributed by atoms with Gasteiger partial charge in [0.25, 0.3) is 0 Å². The van der Waals surface area contributed by atoms with E-state index in [9.17, 15) is 8.42 Å². The molecule has 0 aliphatic heterocycles. The molecular weight excluding hydrogens is 358 g/mol. The standard InChI is InChI=1S/C11H15BrClNO2S2/c1-7-10(6-11(12)17-7)18(15,16)14-9-4-2-8(13)3-5-9/h6,8-9,14H,2-5H2,1H3. The second-order valence-corrected chi connectivity index (χ2v) is 9.48. The predicted octanol–water partition coefficient (Wildman–Crippen LogP) is 3.65. The second-order valence-electron chi connectivity index (χ2n) is 4.54. The molecule has 18 heavy (non-hydrogen) atoms. The number of rotatable bonds is 3. The van der Waals surface area contributed by atoms with Gasteiger partial charge in [0.15, 0.2) is 0 Å². The molecule has 0 atom stereocenters. The quantitative estimate of drug-likeness (QED) is 0.823. The lowest BCUT2D eigenvalue weighted by atomic mass is 9.96. The minimum atomic E-state index is -3.40. The van der Waals surface area contributed by atoms with Gasteiger partial charge in [-0.3, -0.25) is 0 Å². The van der Waals surface area contributed by atoms with E-state index in [1.165, 1.54) is 11.3 Å². The molecule has 102 valence electrons. The summed E-state index contributed by atoms with van der Waals surface area (Å²) in [6.07, 6.45) is 3.39. The Bertz CT molecular complexity index is 521. The van der Waals surface area contributed by atoms with Crippen LogP contribution in [-0.4, -0.2) is 19.8 Å². The van der Waals surface area contributed by atoms with Crippen LogP contribution in [0.1, 0.15) is 30.6 Å². The van der Waals surface area contributed by atoms with Crippen molar-refractivity contribution < 1.29 is 8.42 Å². The fourth-order valence-corrected chi connectivity index (χ4v) is 6.12. The third kappa shape index (κ3) is 3.48. The Morgan fingerprint density at radius 2 is 2.00 bits per heavy atom. The highest BCUT2D eigenvalue weighted by Gasteiger charge is 2.26. The number of alkyl halides is 1. The molecule has 0 spiro atoms. The van der Waals surface area contributed by atoms with E-state index < -0.39 is 10.0 Å². The van der Waals surface area contributed by atoms with Gasteiger partial charge in [-0.2, -0.15) is 0 Å². The van der Waals surface area contributed by atoms with Crippen LogP contribution in [0, 0.1) is 6.92 Å². The van der Waals surface area contributed by atoms with Crippen molar-refractivity contribution in [2.24, 2.45) is 0 Å². The SMILES string of the molecule is Cc1sc(Br)cc1S(=O)(=O)NC1CCC(Cl)CC1. The topological polar surface area (TPSA) is 46.2 Å². The van der Waals surface area contributed by atoms with Crippen LogP contribution in [0.2, 0.25) is 0 Å². The van der Waals surface area contributed by atoms with E-state index in [0.29, 0.717) is 4.90 Å². The summed E-state index contributed by atoms with van der Waals surface area (Å²) in [6.45, 7) is 1.82. The van der Waals surface area contributed by atoms with Crippen molar-refractivity contribution in [3.63, 3.8) is 0 Å². The Morgan fingerprint density at radius 1 is 1.39 bits per heavy atom. The van der Waals surface area contributed by atoms with Crippen molar-refractivity contribution in [2.45, 2.75) is 48.9 Å². The molecule has 1 saturated carbocycles. The first-order valence-electron chi connectivity index (χ1n) is 5.81. The Balaban J connectivity index is 2.10. The van der Waals surface area contributed by atoms with Crippen molar-refractivity contribution in [3.05, 3.63) is 14.7 Å². The molecule has 2 rings (SSSR count). The fourth-order valence-electron chi connectivity index (χ4n) is 2.15. The summed E-state index contributed by atoms with van der Waals surface area (Å²) in [5.41, 5.74) is 0. The van der Waals surface area contributed by atoms with Gasteiger partial charge in [0.1, 0.15) is 0 Å². The molecule has 7 heteroatoms. The Labute approximate surface area is 125 Å². The zero-order valence-electron chi connectivity index (χ0n) is 9.95. The number of thiophene rings is 1. The summed E-state index contributed by atoms with van der Waals surface area (Å²) >= 11 is 10.8. The zero-order chi connectivity index (χ0) is 13.3. The number of hydrogen-bond donors (Lipinski definition) is 1. The predicted molar refractivity (Wildman–Crippen MR) is 79.0 cm³/mol. The average molecular weight is 373 g/mol. The van der Waals surface area contributed by atoms with Crippen LogP contribution >= 0.6 is 38.9 Å². The molecule has 1 aliphatic rings. The van der Waals surface area contributed by atoms with Crippen LogP contribution in [0.5, 0.6) is 0 Å². The zero-order valence-corrected chi connectivity index (χ0v) is 13.9. The molecule has 1 fully saturated rings. The Hall–Kier alpha value is 0.380. The minimum Gasteiger partial charge on any atom is -0.208 e. The maximum atomic E-state index is 12.3. The molecular formula is C11H15BrClNO2S2. The smallest absolute Gasteiger partial charge is 0.208 e. The molecule has 1 aliphatic carbocycles. The van der Waals surface area contributed by atoms with Crippen molar-refractivity contribution in [1.29, 1.82) is 0 Å². The third-order valence-electron chi connectivity index (χ3n) is 3.11. The van der Waals surface area contributed by atoms with Crippen LogP contribution in [0.15, 0.2) is 14.7 Å². The summed E-state index contributed by atoms with van der Waals surface area (Å²) in [5.74, 6) is 0. The maximum absolute atomic E-state index is 12.3. The molecule has 1 aromatic heterocycles. The van der Waals surface area contributed by atoms with Gasteiger partial charge in [0.2, 0.25) is 10.0 Å². The van der Waals surface area contributed by atoms with Crippen LogP contribution in [0.3, 0.4) is 0 Å². The summed E-state index contributed by atoms with van der Waals surface area (Å²) in [7, 11) is -3.40. The molecule has 0 unspecified atom stereocenters. The minimum absolute atomic E-state index is 0.0167. The lowest BCUT2D eigenvalue weighted by Gasteiger charge is -2.25. The van der Waals surface area contributed by atoms with E-state index in [1.807, 2.05) is 6.92 Å². The first kappa shape index (κ1) is 14.8. The monoisotopic (exact) mass is 371 g/mol. The molecule has 0 bridgehead atoms. The van der Waals surface area contributed by atoms with Gasteiger partial charge in [0.05, 0.1) is 8.68 Å². The van der Waals surface area contributed by atoms with E-state index in [-0.39, 0.29) is 11.4 Å². The highest BCUT2D eigenvalue weighted by Crippen LogP contribution is 2.30. The molecule has 0 aromatic carbocycles. The third-order valence-corrected chi connectivity index (χ3v) is 6.88. The molecule has 0 radical (unpaired) electrons. The first-order chi connectivity index (χ1) is 8.38. The van der Waals surface area contributed by atoms with Crippen LogP contribution in [0.4, 0.5) is 0 Å². The van der Waals surface area contributed by atoms with Crippen molar-refractivity contribution in [1.82, 2.24) is 4.72 Å². The number of aryl methyl sites for hydroxylation is 1. The Morgan fingerprint density at radius 3 is 2.50 bits per heavy atom. The van der Waals surface area contributed by atoms with Crippen LogP contribution < -0.4 is 4.72 Å². The van der Waals surface area contributed by atoms with Crippen molar-refractivity contribution >= 4 is 48.9 Å². The van der Waals surface area contributed by atoms with Gasteiger partial charge in [0, 0.05) is 16.3 Å². The summed E-state index contributed by atoms with van der Waals surface area (Å²) in [6, 6.07) is 1.68. The first-order valence-corrected chi connectivity index (χ1v) is 9.34. The van der Waals surface area contributed by atoms with Gasteiger partial charge in [-0.15, -0.1) is 22.9 Å². The van der Waals surface area contributed by atoms with E-state index >= 15 is 0 Å². The van der Waals surface area contributed by atoms with Gasteiger partial charge in [-0.25, -0.2) is 13.1 Å². The van der Waals surface area contributed by atoms with Gasteiger partial charge in [-0.05, 0) is 54.6 Å². The fraction of sp³-hybridized carbons (Fsp3) is 0.636. The van der Waals surface area contributed by atoms with E-state index in [2.05, 4.69) is 20.7 Å². The van der Waals surface area contributed by atoms with E-state index in [1.54, 1.807) is 6.07 Å². The van der Waals surface area contributed by atoms with Gasteiger partial charge in [-0.1, -0.05) is 0 Å². The molecule has 1 N–H and O–H groups in total. The molecule has 0 amide bonds. The number of nitrogens with one attached hydrogen (secondary N) is 1. The lowest BCUT2D eigenvalue weighted by Crippen LogP contribution is -2.37. The highest BCUT2D eigenvalue weighted by molar-refractivity contribution is 9.11. The summed E-state index contributed by atoms with van der Waals surface area (Å²) < 4.78 is 28.1. The van der Waals surface area contributed by atoms with Crippen LogP contribution in [-0.2, 0) is 10.0 Å². The van der Waals surface area contributed by atoms with Gasteiger partial charge >= 0.3 is 0 Å². The van der Waals surface area contributed by atoms with Crippen molar-refractivity contribution in [2.75, 3.05) is 0 Å². The number of halogens is 2. The largest absolute Gasteiger partial charge is 0.241 e. The molecule has 1 heterocycles. The number of hydrogen-bond acceptors (Lipinski definition) is 3. The molecule has 1 aromatic rings. The van der Waals surface area contributed by atoms with Crippen molar-refractivity contribution in [3.8, 4) is 0 Å². The van der Waals surface area contributed by atoms with Gasteiger partial charge < -0.3 is 0 Å². The van der Waals surface area contributed by atoms with Crippen LogP contribution in [0.25, 0.3) is 0 Å². The molecule has 3 nitrogen and oxygen atoms in total. The average Bonchev–Trinajstić information content (AvgIpc) is 2.62. The van der Waals surface area contributed by atoms with E-state index in [0.717, 1.165) is 34.3 Å². The lowest BCUT2D eigenvalue weighted by molar-refractivity contribution is 0.416. The highest BCUT2D eigenvalue weighted by atomic mass is 79.9. The van der Waals surface area contributed by atoms with E-state index in [4.69, 9.17) is 11.6 Å². The second kappa shape index (κ2) is 5.79. The summed E-state index contributed by atoms with van der Waals surface area (Å²) in [4.78, 5) is 1.19. The number of sulfonamides is 1. The maximum Gasteiger partial charge on any atom is 0.241 e. The summed E-state index contributed by atoms with van der Waals surface area (Å²) in [5, 5.41) is 0.197. The Kier molecular flexibility index (Phi) is 4.75. The molecule has 0 saturated heterocycles. The normalized spacial score (nSPS) is 25.3.